The van der Waals surface area contributed by atoms with Gasteiger partial charge in [0.1, 0.15) is 5.60 Å². The molecule has 1 rings (SSSR count). The molecular formula is C13H26N2O2. The smallest absolute Gasteiger partial charge is 0.410 e. The van der Waals surface area contributed by atoms with E-state index in [0.717, 1.165) is 25.8 Å². The van der Waals surface area contributed by atoms with Crippen molar-refractivity contribution < 1.29 is 9.53 Å². The molecule has 1 amide bonds. The first-order chi connectivity index (χ1) is 7.87. The molecule has 0 aliphatic carbocycles. The lowest BCUT2D eigenvalue weighted by Gasteiger charge is -2.39. The molecule has 0 bridgehead atoms. The molecule has 100 valence electrons. The average molecular weight is 242 g/mol. The van der Waals surface area contributed by atoms with Gasteiger partial charge in [0.15, 0.2) is 0 Å². The molecule has 0 spiro atoms. The second kappa shape index (κ2) is 5.71. The maximum absolute atomic E-state index is 12.1. The van der Waals surface area contributed by atoms with E-state index >= 15 is 0 Å². The number of likely N-dealkylation sites (tertiary alicyclic amines) is 1. The van der Waals surface area contributed by atoms with Gasteiger partial charge in [0.2, 0.25) is 0 Å². The van der Waals surface area contributed by atoms with E-state index < -0.39 is 5.60 Å². The lowest BCUT2D eigenvalue weighted by atomic mass is 9.91. The molecule has 17 heavy (non-hydrogen) atoms. The SMILES string of the molecule is CCC1CCC(CN)N(C(=O)OC(C)(C)C)C1. The molecule has 2 unspecified atom stereocenters. The highest BCUT2D eigenvalue weighted by atomic mass is 16.6. The molecule has 4 nitrogen and oxygen atoms in total. The van der Waals surface area contributed by atoms with E-state index in [9.17, 15) is 4.79 Å². The van der Waals surface area contributed by atoms with E-state index in [2.05, 4.69) is 6.92 Å². The van der Waals surface area contributed by atoms with Crippen LogP contribution in [0.2, 0.25) is 0 Å². The topological polar surface area (TPSA) is 55.6 Å². The Balaban J connectivity index is 2.66. The highest BCUT2D eigenvalue weighted by Gasteiger charge is 2.32. The summed E-state index contributed by atoms with van der Waals surface area (Å²) in [4.78, 5) is 13.9. The van der Waals surface area contributed by atoms with E-state index in [1.54, 1.807) is 0 Å². The van der Waals surface area contributed by atoms with Gasteiger partial charge in [-0.05, 0) is 39.5 Å². The normalized spacial score (nSPS) is 25.8. The number of amides is 1. The zero-order valence-electron chi connectivity index (χ0n) is 11.5. The van der Waals surface area contributed by atoms with E-state index in [1.807, 2.05) is 25.7 Å². The minimum atomic E-state index is -0.435. The van der Waals surface area contributed by atoms with Crippen molar-refractivity contribution in [3.05, 3.63) is 0 Å². The van der Waals surface area contributed by atoms with Crippen LogP contribution in [0, 0.1) is 5.92 Å². The molecule has 0 aromatic rings. The van der Waals surface area contributed by atoms with Crippen LogP contribution in [0.1, 0.15) is 47.0 Å². The van der Waals surface area contributed by atoms with Gasteiger partial charge >= 0.3 is 6.09 Å². The van der Waals surface area contributed by atoms with Gasteiger partial charge in [-0.25, -0.2) is 4.79 Å². The molecule has 0 radical (unpaired) electrons. The van der Waals surface area contributed by atoms with Crippen molar-refractivity contribution in [3.8, 4) is 0 Å². The van der Waals surface area contributed by atoms with Gasteiger partial charge in [-0.1, -0.05) is 13.3 Å². The van der Waals surface area contributed by atoms with Gasteiger partial charge in [-0.15, -0.1) is 0 Å². The predicted octanol–water partition coefficient (Wildman–Crippen LogP) is 2.37. The van der Waals surface area contributed by atoms with Crippen molar-refractivity contribution in [3.63, 3.8) is 0 Å². The van der Waals surface area contributed by atoms with Gasteiger partial charge in [-0.3, -0.25) is 0 Å². The quantitative estimate of drug-likeness (QED) is 0.808. The Bertz CT molecular complexity index is 261. The molecule has 1 heterocycles. The number of ether oxygens (including phenoxy) is 1. The number of nitrogens with zero attached hydrogens (tertiary/aromatic N) is 1. The van der Waals surface area contributed by atoms with E-state index in [4.69, 9.17) is 10.5 Å². The monoisotopic (exact) mass is 242 g/mol. The summed E-state index contributed by atoms with van der Waals surface area (Å²) in [5, 5.41) is 0. The minimum Gasteiger partial charge on any atom is -0.444 e. The zero-order chi connectivity index (χ0) is 13.1. The van der Waals surface area contributed by atoms with E-state index in [1.165, 1.54) is 0 Å². The van der Waals surface area contributed by atoms with Crippen LogP contribution in [0.5, 0.6) is 0 Å². The van der Waals surface area contributed by atoms with Crippen molar-refractivity contribution in [2.24, 2.45) is 11.7 Å². The summed E-state index contributed by atoms with van der Waals surface area (Å²) in [7, 11) is 0. The summed E-state index contributed by atoms with van der Waals surface area (Å²) in [5.74, 6) is 0.588. The third kappa shape index (κ3) is 4.19. The zero-order valence-corrected chi connectivity index (χ0v) is 11.5. The first-order valence-electron chi connectivity index (χ1n) is 6.57. The minimum absolute atomic E-state index is 0.146. The Morgan fingerprint density at radius 3 is 2.53 bits per heavy atom. The third-order valence-electron chi connectivity index (χ3n) is 3.28. The molecule has 1 fully saturated rings. The molecule has 4 heteroatoms. The maximum atomic E-state index is 12.1. The molecule has 1 aliphatic rings. The number of hydrogen-bond donors (Lipinski definition) is 1. The molecule has 0 aromatic carbocycles. The Kier molecular flexibility index (Phi) is 4.80. The molecular weight excluding hydrogens is 216 g/mol. The lowest BCUT2D eigenvalue weighted by Crippen LogP contribution is -2.51. The molecule has 1 saturated heterocycles. The summed E-state index contributed by atoms with van der Waals surface area (Å²) < 4.78 is 5.43. The summed E-state index contributed by atoms with van der Waals surface area (Å²) in [6.45, 7) is 9.15. The van der Waals surface area contributed by atoms with Crippen LogP contribution in [0.3, 0.4) is 0 Å². The van der Waals surface area contributed by atoms with Gasteiger partial charge in [0, 0.05) is 19.1 Å². The van der Waals surface area contributed by atoms with E-state index in [0.29, 0.717) is 12.5 Å². The maximum Gasteiger partial charge on any atom is 0.410 e. The fraction of sp³-hybridized carbons (Fsp3) is 0.923. The van der Waals surface area contributed by atoms with Crippen LogP contribution in [0.25, 0.3) is 0 Å². The molecule has 0 aromatic heterocycles. The van der Waals surface area contributed by atoms with Gasteiger partial charge in [0.25, 0.3) is 0 Å². The number of rotatable bonds is 2. The predicted molar refractivity (Wildman–Crippen MR) is 68.8 cm³/mol. The fourth-order valence-corrected chi connectivity index (χ4v) is 2.22. The fourth-order valence-electron chi connectivity index (χ4n) is 2.22. The Labute approximate surface area is 104 Å². The lowest BCUT2D eigenvalue weighted by molar-refractivity contribution is 0.00386. The van der Waals surface area contributed by atoms with Gasteiger partial charge < -0.3 is 15.4 Å². The average Bonchev–Trinajstić information content (AvgIpc) is 2.25. The van der Waals surface area contributed by atoms with Crippen LogP contribution in [-0.4, -0.2) is 35.7 Å². The number of hydrogen-bond acceptors (Lipinski definition) is 3. The molecule has 2 atom stereocenters. The van der Waals surface area contributed by atoms with Crippen LogP contribution >= 0.6 is 0 Å². The summed E-state index contributed by atoms with van der Waals surface area (Å²) in [6.07, 6.45) is 3.05. The van der Waals surface area contributed by atoms with Crippen molar-refractivity contribution >= 4 is 6.09 Å². The van der Waals surface area contributed by atoms with Crippen molar-refractivity contribution in [1.82, 2.24) is 4.90 Å². The largest absolute Gasteiger partial charge is 0.444 e. The number of carbonyl (C=O) groups excluding carboxylic acids is 1. The third-order valence-corrected chi connectivity index (χ3v) is 3.28. The second-order valence-corrected chi connectivity index (χ2v) is 5.87. The number of piperidine rings is 1. The van der Waals surface area contributed by atoms with Crippen molar-refractivity contribution in [1.29, 1.82) is 0 Å². The Morgan fingerprint density at radius 1 is 1.41 bits per heavy atom. The summed E-state index contributed by atoms with van der Waals surface area (Å²) >= 11 is 0. The molecule has 0 saturated carbocycles. The summed E-state index contributed by atoms with van der Waals surface area (Å²) in [5.41, 5.74) is 5.30. The van der Waals surface area contributed by atoms with Crippen molar-refractivity contribution in [2.75, 3.05) is 13.1 Å². The van der Waals surface area contributed by atoms with Crippen LogP contribution in [0.4, 0.5) is 4.79 Å². The standard InChI is InChI=1S/C13H26N2O2/c1-5-10-6-7-11(8-14)15(9-10)12(16)17-13(2,3)4/h10-11H,5-9,14H2,1-4H3. The first kappa shape index (κ1) is 14.3. The van der Waals surface area contributed by atoms with Crippen molar-refractivity contribution in [2.45, 2.75) is 58.6 Å². The van der Waals surface area contributed by atoms with E-state index in [-0.39, 0.29) is 12.1 Å². The van der Waals surface area contributed by atoms with Gasteiger partial charge in [-0.2, -0.15) is 0 Å². The first-order valence-corrected chi connectivity index (χ1v) is 6.57. The number of nitrogens with two attached hydrogens (primary N) is 1. The Hall–Kier alpha value is -0.770. The highest BCUT2D eigenvalue weighted by molar-refractivity contribution is 5.68. The number of carbonyl (C=O) groups is 1. The molecule has 2 N–H and O–H groups in total. The Morgan fingerprint density at radius 2 is 2.06 bits per heavy atom. The van der Waals surface area contributed by atoms with Crippen LogP contribution in [-0.2, 0) is 4.74 Å². The van der Waals surface area contributed by atoms with Gasteiger partial charge in [0.05, 0.1) is 0 Å². The molecule has 1 aliphatic heterocycles. The highest BCUT2D eigenvalue weighted by Crippen LogP contribution is 2.25. The summed E-state index contributed by atoms with van der Waals surface area (Å²) in [6, 6.07) is 0.146. The van der Waals surface area contributed by atoms with Crippen LogP contribution in [0.15, 0.2) is 0 Å². The second-order valence-electron chi connectivity index (χ2n) is 5.87. The van der Waals surface area contributed by atoms with Crippen LogP contribution < -0.4 is 5.73 Å².